The van der Waals surface area contributed by atoms with Gasteiger partial charge < -0.3 is 10.2 Å². The first-order chi connectivity index (χ1) is 7.29. The number of carbonyl (C=O) groups is 1. The van der Waals surface area contributed by atoms with Gasteiger partial charge in [0, 0.05) is 16.7 Å². The number of carboxylic acid groups (broad SMARTS) is 1. The second-order valence-corrected chi connectivity index (χ2v) is 3.51. The molecular formula is C10H11NO5. The lowest BCUT2D eigenvalue weighted by Crippen LogP contribution is -2.08. The molecule has 0 aliphatic carbocycles. The zero-order valence-corrected chi connectivity index (χ0v) is 9.07. The zero-order chi connectivity index (χ0) is 12.6. The summed E-state index contributed by atoms with van der Waals surface area (Å²) in [4.78, 5) is 21.0. The summed E-state index contributed by atoms with van der Waals surface area (Å²) >= 11 is 0. The number of benzene rings is 1. The molecule has 0 bridgehead atoms. The molecule has 0 unspecified atom stereocenters. The number of nitrogens with zero attached hydrogens (tertiary/aromatic N) is 1. The Hall–Kier alpha value is -2.11. The van der Waals surface area contributed by atoms with Gasteiger partial charge in [-0.1, -0.05) is 0 Å². The van der Waals surface area contributed by atoms with Crippen LogP contribution in [0.25, 0.3) is 0 Å². The molecule has 1 aromatic rings. The molecule has 0 amide bonds. The maximum Gasteiger partial charge on any atom is 0.343 e. The van der Waals surface area contributed by atoms with Crippen LogP contribution in [-0.4, -0.2) is 21.1 Å². The van der Waals surface area contributed by atoms with Crippen LogP contribution in [0.15, 0.2) is 0 Å². The summed E-state index contributed by atoms with van der Waals surface area (Å²) < 4.78 is 0. The lowest BCUT2D eigenvalue weighted by molar-refractivity contribution is -0.385. The molecule has 6 heteroatoms. The predicted octanol–water partition coefficient (Wildman–Crippen LogP) is 1.92. The zero-order valence-electron chi connectivity index (χ0n) is 9.07. The average Bonchev–Trinajstić information content (AvgIpc) is 2.18. The fourth-order valence-electron chi connectivity index (χ4n) is 1.61. The molecule has 0 aliphatic rings. The van der Waals surface area contributed by atoms with Gasteiger partial charge in [0.05, 0.1) is 4.92 Å². The van der Waals surface area contributed by atoms with Gasteiger partial charge in [-0.2, -0.15) is 0 Å². The number of phenolic OH excluding ortho intramolecular Hbond substituents is 1. The van der Waals surface area contributed by atoms with Crippen LogP contribution in [0.3, 0.4) is 0 Å². The lowest BCUT2D eigenvalue weighted by Gasteiger charge is -2.11. The molecule has 0 heterocycles. The van der Waals surface area contributed by atoms with Gasteiger partial charge >= 0.3 is 5.97 Å². The van der Waals surface area contributed by atoms with Crippen molar-refractivity contribution >= 4 is 11.7 Å². The first-order valence-electron chi connectivity index (χ1n) is 4.49. The number of carboxylic acids is 1. The highest BCUT2D eigenvalue weighted by Crippen LogP contribution is 2.36. The van der Waals surface area contributed by atoms with Gasteiger partial charge in [0.15, 0.2) is 0 Å². The normalized spacial score (nSPS) is 10.2. The molecule has 0 atom stereocenters. The SMILES string of the molecule is Cc1c(C)c([N+](=O)[O-])c(C(=O)O)c(C)c1O. The Bertz CT molecular complexity index is 448. The number of hydrogen-bond acceptors (Lipinski definition) is 4. The highest BCUT2D eigenvalue weighted by Gasteiger charge is 2.29. The summed E-state index contributed by atoms with van der Waals surface area (Å²) in [5.74, 6) is -1.62. The summed E-state index contributed by atoms with van der Waals surface area (Å²) in [6.45, 7) is 4.27. The summed E-state index contributed by atoms with van der Waals surface area (Å²) in [7, 11) is 0. The van der Waals surface area contributed by atoms with Crippen LogP contribution in [0.1, 0.15) is 27.0 Å². The molecule has 1 aromatic carbocycles. The lowest BCUT2D eigenvalue weighted by atomic mass is 9.96. The third-order valence-corrected chi connectivity index (χ3v) is 2.64. The number of rotatable bonds is 2. The van der Waals surface area contributed by atoms with Crippen molar-refractivity contribution in [2.45, 2.75) is 20.8 Å². The van der Waals surface area contributed by atoms with Crippen LogP contribution in [0.4, 0.5) is 5.69 Å². The minimum absolute atomic E-state index is 0.0160. The van der Waals surface area contributed by atoms with Gasteiger partial charge in [-0.15, -0.1) is 0 Å². The number of nitro benzene ring substituents is 1. The maximum absolute atomic E-state index is 10.9. The summed E-state index contributed by atoms with van der Waals surface area (Å²) in [6.07, 6.45) is 0. The number of aromatic hydroxyl groups is 1. The van der Waals surface area contributed by atoms with Gasteiger partial charge in [0.25, 0.3) is 5.69 Å². The second-order valence-electron chi connectivity index (χ2n) is 3.51. The molecule has 0 aliphatic heterocycles. The monoisotopic (exact) mass is 225 g/mol. The molecule has 0 fully saturated rings. The molecule has 1 rings (SSSR count). The van der Waals surface area contributed by atoms with Crippen molar-refractivity contribution in [2.24, 2.45) is 0 Å². The quantitative estimate of drug-likeness (QED) is 0.591. The van der Waals surface area contributed by atoms with Crippen LogP contribution in [0, 0.1) is 30.9 Å². The fourth-order valence-corrected chi connectivity index (χ4v) is 1.61. The van der Waals surface area contributed by atoms with Crippen molar-refractivity contribution in [3.63, 3.8) is 0 Å². The average molecular weight is 225 g/mol. The van der Waals surface area contributed by atoms with E-state index in [4.69, 9.17) is 5.11 Å². The summed E-state index contributed by atoms with van der Waals surface area (Å²) in [5.41, 5.74) is -0.395. The van der Waals surface area contributed by atoms with Gasteiger partial charge in [-0.05, 0) is 20.8 Å². The topological polar surface area (TPSA) is 101 Å². The van der Waals surface area contributed by atoms with Gasteiger partial charge in [-0.25, -0.2) is 4.79 Å². The Morgan fingerprint density at radius 1 is 1.19 bits per heavy atom. The van der Waals surface area contributed by atoms with Crippen molar-refractivity contribution in [3.8, 4) is 5.75 Å². The van der Waals surface area contributed by atoms with E-state index in [-0.39, 0.29) is 16.9 Å². The molecule has 86 valence electrons. The highest BCUT2D eigenvalue weighted by molar-refractivity contribution is 5.96. The van der Waals surface area contributed by atoms with Crippen molar-refractivity contribution in [2.75, 3.05) is 0 Å². The molecule has 0 saturated heterocycles. The maximum atomic E-state index is 10.9. The summed E-state index contributed by atoms with van der Waals surface area (Å²) in [5, 5.41) is 29.4. The number of aromatic carboxylic acids is 1. The van der Waals surface area contributed by atoms with E-state index in [1.54, 1.807) is 0 Å². The molecule has 16 heavy (non-hydrogen) atoms. The molecule has 2 N–H and O–H groups in total. The third-order valence-electron chi connectivity index (χ3n) is 2.64. The Balaban J connectivity index is 3.83. The van der Waals surface area contributed by atoms with E-state index >= 15 is 0 Å². The van der Waals surface area contributed by atoms with Crippen LogP contribution in [0.5, 0.6) is 5.75 Å². The molecular weight excluding hydrogens is 214 g/mol. The van der Waals surface area contributed by atoms with Crippen LogP contribution >= 0.6 is 0 Å². The molecule has 6 nitrogen and oxygen atoms in total. The molecule has 0 spiro atoms. The van der Waals surface area contributed by atoms with Gasteiger partial charge in [0.2, 0.25) is 0 Å². The van der Waals surface area contributed by atoms with E-state index in [0.717, 1.165) is 0 Å². The largest absolute Gasteiger partial charge is 0.507 e. The fraction of sp³-hybridized carbons (Fsp3) is 0.300. The van der Waals surface area contributed by atoms with Crippen molar-refractivity contribution in [1.82, 2.24) is 0 Å². The minimum atomic E-state index is -1.41. The smallest absolute Gasteiger partial charge is 0.343 e. The Morgan fingerprint density at radius 3 is 2.06 bits per heavy atom. The molecule has 0 radical (unpaired) electrons. The van der Waals surface area contributed by atoms with E-state index in [1.807, 2.05) is 0 Å². The van der Waals surface area contributed by atoms with E-state index in [9.17, 15) is 20.0 Å². The van der Waals surface area contributed by atoms with Gasteiger partial charge in [-0.3, -0.25) is 10.1 Å². The van der Waals surface area contributed by atoms with Crippen molar-refractivity contribution in [1.29, 1.82) is 0 Å². The minimum Gasteiger partial charge on any atom is -0.507 e. The third kappa shape index (κ3) is 1.58. The van der Waals surface area contributed by atoms with E-state index in [2.05, 4.69) is 0 Å². The first-order valence-corrected chi connectivity index (χ1v) is 4.49. The van der Waals surface area contributed by atoms with E-state index in [0.29, 0.717) is 5.56 Å². The van der Waals surface area contributed by atoms with Crippen molar-refractivity contribution < 1.29 is 19.9 Å². The Kier molecular flexibility index (Phi) is 2.84. The number of hydrogen-bond donors (Lipinski definition) is 2. The van der Waals surface area contributed by atoms with Crippen LogP contribution in [0.2, 0.25) is 0 Å². The molecule has 0 saturated carbocycles. The first kappa shape index (κ1) is 12.0. The van der Waals surface area contributed by atoms with Crippen LogP contribution in [-0.2, 0) is 0 Å². The summed E-state index contributed by atoms with van der Waals surface area (Å²) in [6, 6.07) is 0. The van der Waals surface area contributed by atoms with Gasteiger partial charge in [0.1, 0.15) is 11.3 Å². The highest BCUT2D eigenvalue weighted by atomic mass is 16.6. The second kappa shape index (κ2) is 3.80. The predicted molar refractivity (Wildman–Crippen MR) is 55.9 cm³/mol. The number of nitro groups is 1. The molecule has 0 aromatic heterocycles. The number of phenols is 1. The Morgan fingerprint density at radius 2 is 1.69 bits per heavy atom. The van der Waals surface area contributed by atoms with Crippen molar-refractivity contribution in [3.05, 3.63) is 32.4 Å². The van der Waals surface area contributed by atoms with E-state index < -0.39 is 22.1 Å². The van der Waals surface area contributed by atoms with Crippen LogP contribution < -0.4 is 0 Å². The van der Waals surface area contributed by atoms with E-state index in [1.165, 1.54) is 20.8 Å². The Labute approximate surface area is 91.3 Å². The standard InChI is InChI=1S/C10H11NO5/c1-4-5(2)9(12)6(3)7(10(13)14)8(4)11(15)16/h12H,1-3H3,(H,13,14).